The predicted octanol–water partition coefficient (Wildman–Crippen LogP) is 2.35. The number of nitrogen functional groups attached to an aromatic ring is 1. The zero-order valence-corrected chi connectivity index (χ0v) is 14.4. The summed E-state index contributed by atoms with van der Waals surface area (Å²) in [6.45, 7) is 3.84. The number of piperazine rings is 1. The molecule has 1 saturated carbocycles. The predicted molar refractivity (Wildman–Crippen MR) is 94.8 cm³/mol. The molecule has 0 radical (unpaired) electrons. The molecule has 2 fully saturated rings. The lowest BCUT2D eigenvalue weighted by molar-refractivity contribution is -0.132. The zero-order chi connectivity index (χ0) is 13.9. The number of carbonyl (C=O) groups excluding carboxylic acids is 1. The Morgan fingerprint density at radius 1 is 1.05 bits per heavy atom. The van der Waals surface area contributed by atoms with Crippen LogP contribution in [0.15, 0.2) is 24.3 Å². The van der Waals surface area contributed by atoms with Crippen LogP contribution in [0.2, 0.25) is 0 Å². The van der Waals surface area contributed by atoms with Crippen LogP contribution in [0.1, 0.15) is 24.8 Å². The van der Waals surface area contributed by atoms with Crippen LogP contribution in [-0.4, -0.2) is 47.9 Å². The summed E-state index contributed by atoms with van der Waals surface area (Å²) in [5.74, 6) is 0.239. The second-order valence-electron chi connectivity index (χ2n) is 5.92. The number of amides is 1. The summed E-state index contributed by atoms with van der Waals surface area (Å²) in [5, 5.41) is 0. The summed E-state index contributed by atoms with van der Waals surface area (Å²) < 4.78 is 0. The first-order chi connectivity index (χ1) is 9.72. The van der Waals surface area contributed by atoms with Crippen LogP contribution < -0.4 is 5.73 Å². The summed E-state index contributed by atoms with van der Waals surface area (Å²) in [7, 11) is 0. The summed E-state index contributed by atoms with van der Waals surface area (Å²) in [5.41, 5.74) is 7.45. The van der Waals surface area contributed by atoms with E-state index in [0.717, 1.165) is 43.5 Å². The number of benzene rings is 1. The highest BCUT2D eigenvalue weighted by Crippen LogP contribution is 2.25. The lowest BCUT2D eigenvalue weighted by Crippen LogP contribution is -2.53. The van der Waals surface area contributed by atoms with Crippen LogP contribution in [0.3, 0.4) is 0 Å². The highest BCUT2D eigenvalue weighted by Gasteiger charge is 2.29. The lowest BCUT2D eigenvalue weighted by atomic mass is 9.91. The second kappa shape index (κ2) is 8.61. The second-order valence-corrected chi connectivity index (χ2v) is 5.92. The summed E-state index contributed by atoms with van der Waals surface area (Å²) in [6, 6.07) is 8.40. The van der Waals surface area contributed by atoms with E-state index in [4.69, 9.17) is 5.73 Å². The number of carbonyl (C=O) groups is 1. The molecule has 0 atom stereocenters. The Bertz CT molecular complexity index is 469. The fourth-order valence-electron chi connectivity index (χ4n) is 3.01. The van der Waals surface area contributed by atoms with E-state index in [1.807, 2.05) is 29.2 Å². The molecule has 1 aromatic carbocycles. The van der Waals surface area contributed by atoms with Gasteiger partial charge in [-0.1, -0.05) is 18.6 Å². The van der Waals surface area contributed by atoms with E-state index in [1.165, 1.54) is 19.3 Å². The molecule has 4 nitrogen and oxygen atoms in total. The highest BCUT2D eigenvalue weighted by atomic mass is 35.5. The van der Waals surface area contributed by atoms with Gasteiger partial charge in [0.05, 0.1) is 6.42 Å². The summed E-state index contributed by atoms with van der Waals surface area (Å²) >= 11 is 0. The van der Waals surface area contributed by atoms with Crippen molar-refractivity contribution in [2.45, 2.75) is 31.7 Å². The minimum absolute atomic E-state index is 0. The van der Waals surface area contributed by atoms with Gasteiger partial charge in [-0.3, -0.25) is 9.69 Å². The number of halogens is 2. The van der Waals surface area contributed by atoms with Gasteiger partial charge in [-0.05, 0) is 30.5 Å². The molecule has 6 heteroatoms. The topological polar surface area (TPSA) is 49.6 Å². The average Bonchev–Trinajstić information content (AvgIpc) is 2.40. The summed E-state index contributed by atoms with van der Waals surface area (Å²) in [4.78, 5) is 16.8. The van der Waals surface area contributed by atoms with Crippen LogP contribution in [0, 0.1) is 0 Å². The quantitative estimate of drug-likeness (QED) is 0.855. The van der Waals surface area contributed by atoms with Crippen LogP contribution in [0.4, 0.5) is 5.69 Å². The average molecular weight is 346 g/mol. The van der Waals surface area contributed by atoms with E-state index in [9.17, 15) is 4.79 Å². The van der Waals surface area contributed by atoms with Crippen molar-refractivity contribution in [2.24, 2.45) is 0 Å². The zero-order valence-electron chi connectivity index (χ0n) is 12.7. The van der Waals surface area contributed by atoms with Crippen LogP contribution in [0.5, 0.6) is 0 Å². The molecular formula is C16H25Cl2N3O. The molecule has 1 aliphatic heterocycles. The minimum Gasteiger partial charge on any atom is -0.399 e. The molecule has 0 bridgehead atoms. The largest absolute Gasteiger partial charge is 0.399 e. The molecule has 0 spiro atoms. The van der Waals surface area contributed by atoms with Crippen molar-refractivity contribution in [3.8, 4) is 0 Å². The van der Waals surface area contributed by atoms with Gasteiger partial charge in [0.15, 0.2) is 0 Å². The van der Waals surface area contributed by atoms with Crippen molar-refractivity contribution < 1.29 is 4.79 Å². The third-order valence-electron chi connectivity index (χ3n) is 4.59. The fraction of sp³-hybridized carbons (Fsp3) is 0.562. The molecule has 3 rings (SSSR count). The monoisotopic (exact) mass is 345 g/mol. The Kier molecular flexibility index (Phi) is 7.46. The first kappa shape index (κ1) is 19.1. The van der Waals surface area contributed by atoms with Gasteiger partial charge in [0.2, 0.25) is 5.91 Å². The molecule has 2 aliphatic rings. The molecule has 1 aliphatic carbocycles. The highest BCUT2D eigenvalue weighted by molar-refractivity contribution is 5.85. The van der Waals surface area contributed by atoms with E-state index >= 15 is 0 Å². The Morgan fingerprint density at radius 2 is 1.64 bits per heavy atom. The van der Waals surface area contributed by atoms with Crippen molar-refractivity contribution in [1.29, 1.82) is 0 Å². The maximum Gasteiger partial charge on any atom is 0.227 e. The molecule has 1 aromatic rings. The van der Waals surface area contributed by atoms with Crippen molar-refractivity contribution in [2.75, 3.05) is 31.9 Å². The van der Waals surface area contributed by atoms with Crippen molar-refractivity contribution in [1.82, 2.24) is 9.80 Å². The van der Waals surface area contributed by atoms with Crippen LogP contribution in [0.25, 0.3) is 0 Å². The molecule has 22 heavy (non-hydrogen) atoms. The van der Waals surface area contributed by atoms with E-state index in [2.05, 4.69) is 4.90 Å². The maximum atomic E-state index is 12.3. The first-order valence-corrected chi connectivity index (χ1v) is 7.58. The Hall–Kier alpha value is -0.970. The minimum atomic E-state index is 0. The van der Waals surface area contributed by atoms with Gasteiger partial charge < -0.3 is 10.6 Å². The normalized spacial score (nSPS) is 18.8. The Labute approximate surface area is 144 Å². The number of hydrogen-bond acceptors (Lipinski definition) is 3. The van der Waals surface area contributed by atoms with E-state index < -0.39 is 0 Å². The standard InChI is InChI=1S/C16H23N3O.2ClH/c17-14-6-4-13(5-7-14)12-16(20)19-10-8-18(9-11-19)15-2-1-3-15;;/h4-7,15H,1-3,8-12,17H2;2*1H. The van der Waals surface area contributed by atoms with Crippen LogP contribution in [-0.2, 0) is 11.2 Å². The van der Waals surface area contributed by atoms with E-state index in [0.29, 0.717) is 6.42 Å². The molecule has 0 unspecified atom stereocenters. The SMILES string of the molecule is Cl.Cl.Nc1ccc(CC(=O)N2CCN(C3CCC3)CC2)cc1. The number of nitrogens with two attached hydrogens (primary N) is 1. The Morgan fingerprint density at radius 3 is 2.14 bits per heavy atom. The van der Waals surface area contributed by atoms with Crippen LogP contribution >= 0.6 is 24.8 Å². The third kappa shape index (κ3) is 4.51. The maximum absolute atomic E-state index is 12.3. The van der Waals surface area contributed by atoms with Gasteiger partial charge in [-0.2, -0.15) is 0 Å². The number of nitrogens with zero attached hydrogens (tertiary/aromatic N) is 2. The number of hydrogen-bond donors (Lipinski definition) is 1. The molecule has 1 amide bonds. The van der Waals surface area contributed by atoms with Gasteiger partial charge >= 0.3 is 0 Å². The first-order valence-electron chi connectivity index (χ1n) is 7.58. The third-order valence-corrected chi connectivity index (χ3v) is 4.59. The van der Waals surface area contributed by atoms with Crippen molar-refractivity contribution >= 4 is 36.4 Å². The number of anilines is 1. The smallest absolute Gasteiger partial charge is 0.227 e. The van der Waals surface area contributed by atoms with Gasteiger partial charge in [-0.15, -0.1) is 24.8 Å². The molecule has 1 saturated heterocycles. The van der Waals surface area contributed by atoms with E-state index in [-0.39, 0.29) is 30.7 Å². The lowest BCUT2D eigenvalue weighted by Gasteiger charge is -2.43. The van der Waals surface area contributed by atoms with E-state index in [1.54, 1.807) is 0 Å². The van der Waals surface area contributed by atoms with Gasteiger partial charge in [0.25, 0.3) is 0 Å². The Balaban J connectivity index is 0.00000121. The van der Waals surface area contributed by atoms with Gasteiger partial charge in [0.1, 0.15) is 0 Å². The molecule has 1 heterocycles. The van der Waals surface area contributed by atoms with Gasteiger partial charge in [0, 0.05) is 37.9 Å². The molecule has 0 aromatic heterocycles. The number of rotatable bonds is 3. The molecule has 2 N–H and O–H groups in total. The molecule has 124 valence electrons. The van der Waals surface area contributed by atoms with Crippen molar-refractivity contribution in [3.63, 3.8) is 0 Å². The van der Waals surface area contributed by atoms with Gasteiger partial charge in [-0.25, -0.2) is 0 Å². The van der Waals surface area contributed by atoms with Crippen molar-refractivity contribution in [3.05, 3.63) is 29.8 Å². The molecular weight excluding hydrogens is 321 g/mol. The summed E-state index contributed by atoms with van der Waals surface area (Å²) in [6.07, 6.45) is 4.56. The fourth-order valence-corrected chi connectivity index (χ4v) is 3.01.